The van der Waals surface area contributed by atoms with Gasteiger partial charge < -0.3 is 10.1 Å². The number of hydrogen-bond acceptors (Lipinski definition) is 6. The Hall–Kier alpha value is -2.44. The lowest BCUT2D eigenvalue weighted by molar-refractivity contribution is 0.211. The molecule has 2 heterocycles. The number of benzene rings is 2. The molecule has 3 aromatic rings. The molecule has 2 aromatic carbocycles. The average Bonchev–Trinajstić information content (AvgIpc) is 3.17. The van der Waals surface area contributed by atoms with Crippen molar-refractivity contribution in [3.05, 3.63) is 71.5 Å². The van der Waals surface area contributed by atoms with Gasteiger partial charge in [0.25, 0.3) is 0 Å². The largest absolute Gasteiger partial charge is 0.497 e. The third-order valence-electron chi connectivity index (χ3n) is 5.13. The van der Waals surface area contributed by atoms with Crippen molar-refractivity contribution in [3.63, 3.8) is 0 Å². The lowest BCUT2D eigenvalue weighted by Crippen LogP contribution is -2.38. The van der Waals surface area contributed by atoms with E-state index in [1.807, 2.05) is 18.2 Å². The summed E-state index contributed by atoms with van der Waals surface area (Å²) < 4.78 is 9.81. The fraction of sp³-hybridized carbons (Fsp3) is 0.364. The van der Waals surface area contributed by atoms with Crippen LogP contribution in [0.5, 0.6) is 5.75 Å². The van der Waals surface area contributed by atoms with E-state index < -0.39 is 0 Å². The molecule has 1 saturated heterocycles. The Bertz CT molecular complexity index is 875. The zero-order chi connectivity index (χ0) is 19.2. The van der Waals surface area contributed by atoms with E-state index in [-0.39, 0.29) is 0 Å². The number of nitrogens with one attached hydrogen (secondary N) is 1. The molecule has 1 aliphatic heterocycles. The number of likely N-dealkylation sites (tertiary alicyclic amines) is 1. The van der Waals surface area contributed by atoms with Gasteiger partial charge in [0.2, 0.25) is 5.13 Å². The first kappa shape index (κ1) is 18.9. The molecule has 146 valence electrons. The molecule has 1 N–H and O–H groups in total. The van der Waals surface area contributed by atoms with Gasteiger partial charge in [-0.15, -0.1) is 0 Å². The highest BCUT2D eigenvalue weighted by Crippen LogP contribution is 2.21. The van der Waals surface area contributed by atoms with E-state index in [1.165, 1.54) is 17.1 Å². The Labute approximate surface area is 170 Å². The van der Waals surface area contributed by atoms with Crippen LogP contribution in [0.15, 0.2) is 54.6 Å². The molecule has 6 heteroatoms. The zero-order valence-corrected chi connectivity index (χ0v) is 17.0. The first-order chi connectivity index (χ1) is 13.8. The highest BCUT2D eigenvalue weighted by Gasteiger charge is 2.20. The fourth-order valence-corrected chi connectivity index (χ4v) is 4.26. The lowest BCUT2D eigenvalue weighted by Gasteiger charge is -2.32. The van der Waals surface area contributed by atoms with Gasteiger partial charge in [-0.25, -0.2) is 4.98 Å². The minimum Gasteiger partial charge on any atom is -0.497 e. The summed E-state index contributed by atoms with van der Waals surface area (Å²) in [5.41, 5.74) is 2.55. The standard InChI is InChI=1S/C22H26N4OS/c1-27-20-9-5-8-18(14-20)15-21-24-22(28-25-21)23-19-10-12-26(13-11-19)16-17-6-3-2-4-7-17/h2-9,14,19H,10-13,15-16H2,1H3,(H,23,24,25). The van der Waals surface area contributed by atoms with Crippen LogP contribution in [0.3, 0.4) is 0 Å². The van der Waals surface area contributed by atoms with E-state index in [0.717, 1.165) is 61.2 Å². The molecule has 0 spiro atoms. The molecular weight excluding hydrogens is 368 g/mol. The second-order valence-electron chi connectivity index (χ2n) is 7.22. The van der Waals surface area contributed by atoms with Crippen molar-refractivity contribution >= 4 is 16.7 Å². The topological polar surface area (TPSA) is 50.3 Å². The molecule has 4 rings (SSSR count). The molecule has 5 nitrogen and oxygen atoms in total. The highest BCUT2D eigenvalue weighted by atomic mass is 32.1. The van der Waals surface area contributed by atoms with Gasteiger partial charge in [-0.3, -0.25) is 4.90 Å². The normalized spacial score (nSPS) is 15.5. The number of methoxy groups -OCH3 is 1. The van der Waals surface area contributed by atoms with Crippen molar-refractivity contribution < 1.29 is 4.74 Å². The molecule has 0 bridgehead atoms. The summed E-state index contributed by atoms with van der Waals surface area (Å²) >= 11 is 1.46. The zero-order valence-electron chi connectivity index (χ0n) is 16.2. The van der Waals surface area contributed by atoms with Crippen LogP contribution in [-0.4, -0.2) is 40.5 Å². The lowest BCUT2D eigenvalue weighted by atomic mass is 10.0. The van der Waals surface area contributed by atoms with Crippen molar-refractivity contribution in [2.75, 3.05) is 25.5 Å². The second kappa shape index (κ2) is 9.17. The summed E-state index contributed by atoms with van der Waals surface area (Å²) in [4.78, 5) is 7.21. The van der Waals surface area contributed by atoms with Crippen LogP contribution in [-0.2, 0) is 13.0 Å². The quantitative estimate of drug-likeness (QED) is 0.650. The van der Waals surface area contributed by atoms with Crippen molar-refractivity contribution in [2.45, 2.75) is 31.8 Å². The van der Waals surface area contributed by atoms with Crippen LogP contribution in [0.1, 0.15) is 29.8 Å². The average molecular weight is 395 g/mol. The van der Waals surface area contributed by atoms with Crippen LogP contribution in [0, 0.1) is 0 Å². The predicted molar refractivity (Wildman–Crippen MR) is 114 cm³/mol. The van der Waals surface area contributed by atoms with E-state index >= 15 is 0 Å². The molecule has 0 atom stereocenters. The SMILES string of the molecule is COc1cccc(Cc2nsc(NC3CCN(Cc4ccccc4)CC3)n2)c1. The number of aromatic nitrogens is 2. The van der Waals surface area contributed by atoms with Crippen molar-refractivity contribution in [1.29, 1.82) is 0 Å². The number of anilines is 1. The Morgan fingerprint density at radius 2 is 1.86 bits per heavy atom. The maximum Gasteiger partial charge on any atom is 0.202 e. The fourth-order valence-electron chi connectivity index (χ4n) is 3.60. The van der Waals surface area contributed by atoms with Gasteiger partial charge in [0.15, 0.2) is 0 Å². The summed E-state index contributed by atoms with van der Waals surface area (Å²) in [5.74, 6) is 1.73. The van der Waals surface area contributed by atoms with E-state index in [4.69, 9.17) is 4.74 Å². The summed E-state index contributed by atoms with van der Waals surface area (Å²) in [7, 11) is 1.69. The first-order valence-corrected chi connectivity index (χ1v) is 10.5. The number of ether oxygens (including phenoxy) is 1. The van der Waals surface area contributed by atoms with Crippen LogP contribution >= 0.6 is 11.5 Å². The van der Waals surface area contributed by atoms with E-state index in [0.29, 0.717) is 6.04 Å². The molecule has 28 heavy (non-hydrogen) atoms. The van der Waals surface area contributed by atoms with E-state index in [9.17, 15) is 0 Å². The molecule has 0 unspecified atom stereocenters. The maximum absolute atomic E-state index is 5.29. The molecule has 0 amide bonds. The number of piperidine rings is 1. The Balaban J connectivity index is 1.26. The molecule has 1 aliphatic rings. The van der Waals surface area contributed by atoms with E-state index in [1.54, 1.807) is 7.11 Å². The van der Waals surface area contributed by atoms with Gasteiger partial charge in [0.05, 0.1) is 7.11 Å². The van der Waals surface area contributed by atoms with Crippen molar-refractivity contribution in [2.24, 2.45) is 0 Å². The number of rotatable bonds is 7. The molecular formula is C22H26N4OS. The molecule has 0 aliphatic carbocycles. The first-order valence-electron chi connectivity index (χ1n) is 9.77. The van der Waals surface area contributed by atoms with Crippen molar-refractivity contribution in [3.8, 4) is 5.75 Å². The van der Waals surface area contributed by atoms with Crippen LogP contribution in [0.25, 0.3) is 0 Å². The van der Waals surface area contributed by atoms with Gasteiger partial charge in [-0.1, -0.05) is 42.5 Å². The minimum absolute atomic E-state index is 0.477. The summed E-state index contributed by atoms with van der Waals surface area (Å²) in [6, 6.07) is 19.3. The van der Waals surface area contributed by atoms with Crippen LogP contribution in [0.2, 0.25) is 0 Å². The summed E-state index contributed by atoms with van der Waals surface area (Å²) in [6.07, 6.45) is 3.00. The summed E-state index contributed by atoms with van der Waals surface area (Å²) in [5, 5.41) is 4.52. The maximum atomic E-state index is 5.29. The number of hydrogen-bond donors (Lipinski definition) is 1. The molecule has 0 saturated carbocycles. The van der Waals surface area contributed by atoms with Crippen LogP contribution < -0.4 is 10.1 Å². The third-order valence-corrected chi connectivity index (χ3v) is 5.81. The van der Waals surface area contributed by atoms with Gasteiger partial charge in [-0.05, 0) is 36.1 Å². The number of nitrogens with zero attached hydrogens (tertiary/aromatic N) is 3. The Morgan fingerprint density at radius 3 is 2.64 bits per heavy atom. The van der Waals surface area contributed by atoms with Crippen molar-refractivity contribution in [1.82, 2.24) is 14.3 Å². The Kier molecular flexibility index (Phi) is 6.19. The van der Waals surface area contributed by atoms with Gasteiger partial charge in [-0.2, -0.15) is 4.37 Å². The molecule has 0 radical (unpaired) electrons. The predicted octanol–water partition coefficient (Wildman–Crippen LogP) is 4.21. The van der Waals surface area contributed by atoms with Gasteiger partial charge in [0.1, 0.15) is 11.6 Å². The summed E-state index contributed by atoms with van der Waals surface area (Å²) in [6.45, 7) is 3.26. The van der Waals surface area contributed by atoms with E-state index in [2.05, 4.69) is 56.0 Å². The smallest absolute Gasteiger partial charge is 0.202 e. The monoisotopic (exact) mass is 394 g/mol. The second-order valence-corrected chi connectivity index (χ2v) is 7.98. The van der Waals surface area contributed by atoms with Crippen LogP contribution in [0.4, 0.5) is 5.13 Å². The van der Waals surface area contributed by atoms with Gasteiger partial charge in [0, 0.05) is 43.6 Å². The Morgan fingerprint density at radius 1 is 1.07 bits per heavy atom. The van der Waals surface area contributed by atoms with Gasteiger partial charge >= 0.3 is 0 Å². The molecule has 1 fully saturated rings. The highest BCUT2D eigenvalue weighted by molar-refractivity contribution is 7.09. The minimum atomic E-state index is 0.477. The third kappa shape index (κ3) is 5.09. The molecule has 1 aromatic heterocycles.